The lowest BCUT2D eigenvalue weighted by molar-refractivity contribution is -0.116. The van der Waals surface area contributed by atoms with Crippen LogP contribution >= 0.6 is 0 Å². The first kappa shape index (κ1) is 9.04. The Labute approximate surface area is 73.4 Å². The molecular formula is C10H15NO. The number of hydrogen-bond donors (Lipinski definition) is 1. The Hall–Kier alpha value is -1.05. The maximum atomic E-state index is 11.1. The monoisotopic (exact) mass is 165 g/mol. The number of allylic oxidation sites excluding steroid dienone is 1. The van der Waals surface area contributed by atoms with Crippen molar-refractivity contribution in [3.05, 3.63) is 24.3 Å². The SMILES string of the molecule is C=CCNC(=O)C=C1CCCC1. The summed E-state index contributed by atoms with van der Waals surface area (Å²) in [5, 5.41) is 2.73. The van der Waals surface area contributed by atoms with Gasteiger partial charge in [-0.1, -0.05) is 11.6 Å². The first-order valence-corrected chi connectivity index (χ1v) is 4.41. The molecule has 1 rings (SSSR count). The summed E-state index contributed by atoms with van der Waals surface area (Å²) in [6.07, 6.45) is 8.09. The maximum Gasteiger partial charge on any atom is 0.244 e. The molecule has 0 bridgehead atoms. The molecule has 0 saturated heterocycles. The zero-order chi connectivity index (χ0) is 8.81. The maximum absolute atomic E-state index is 11.1. The van der Waals surface area contributed by atoms with Gasteiger partial charge >= 0.3 is 0 Å². The first-order chi connectivity index (χ1) is 5.83. The van der Waals surface area contributed by atoms with Gasteiger partial charge in [0, 0.05) is 12.6 Å². The Bertz CT molecular complexity index is 198. The van der Waals surface area contributed by atoms with E-state index >= 15 is 0 Å². The van der Waals surface area contributed by atoms with E-state index in [9.17, 15) is 4.79 Å². The summed E-state index contributed by atoms with van der Waals surface area (Å²) in [5.41, 5.74) is 1.29. The topological polar surface area (TPSA) is 29.1 Å². The van der Waals surface area contributed by atoms with Gasteiger partial charge in [-0.2, -0.15) is 0 Å². The number of nitrogens with one attached hydrogen (secondary N) is 1. The molecule has 0 aliphatic heterocycles. The molecule has 1 N–H and O–H groups in total. The second-order valence-electron chi connectivity index (χ2n) is 3.04. The van der Waals surface area contributed by atoms with E-state index in [4.69, 9.17) is 0 Å². The molecule has 1 aliphatic rings. The van der Waals surface area contributed by atoms with Gasteiger partial charge in [-0.05, 0) is 25.7 Å². The molecule has 12 heavy (non-hydrogen) atoms. The van der Waals surface area contributed by atoms with Crippen LogP contribution in [0.1, 0.15) is 25.7 Å². The lowest BCUT2D eigenvalue weighted by Gasteiger charge is -1.97. The van der Waals surface area contributed by atoms with Crippen molar-refractivity contribution in [1.29, 1.82) is 0 Å². The van der Waals surface area contributed by atoms with E-state index in [0.29, 0.717) is 6.54 Å². The highest BCUT2D eigenvalue weighted by Crippen LogP contribution is 2.23. The number of hydrogen-bond acceptors (Lipinski definition) is 1. The van der Waals surface area contributed by atoms with Crippen molar-refractivity contribution >= 4 is 5.91 Å². The van der Waals surface area contributed by atoms with Crippen molar-refractivity contribution in [2.45, 2.75) is 25.7 Å². The van der Waals surface area contributed by atoms with E-state index in [-0.39, 0.29) is 5.91 Å². The van der Waals surface area contributed by atoms with Crippen LogP contribution in [0.5, 0.6) is 0 Å². The quantitative estimate of drug-likeness (QED) is 0.501. The number of carbonyl (C=O) groups is 1. The van der Waals surface area contributed by atoms with Crippen LogP contribution in [0, 0.1) is 0 Å². The third-order valence-electron chi connectivity index (χ3n) is 2.00. The summed E-state index contributed by atoms with van der Waals surface area (Å²) >= 11 is 0. The minimum absolute atomic E-state index is 0.0202. The number of rotatable bonds is 3. The predicted octanol–water partition coefficient (Wildman–Crippen LogP) is 1.79. The van der Waals surface area contributed by atoms with Crippen LogP contribution in [0.25, 0.3) is 0 Å². The molecule has 66 valence electrons. The minimum atomic E-state index is 0.0202. The molecular weight excluding hydrogens is 150 g/mol. The van der Waals surface area contributed by atoms with E-state index in [0.717, 1.165) is 12.8 Å². The Morgan fingerprint density at radius 2 is 2.17 bits per heavy atom. The largest absolute Gasteiger partial charge is 0.349 e. The van der Waals surface area contributed by atoms with Gasteiger partial charge in [0.15, 0.2) is 0 Å². The van der Waals surface area contributed by atoms with Crippen LogP contribution in [0.2, 0.25) is 0 Å². The Kier molecular flexibility index (Phi) is 3.58. The lowest BCUT2D eigenvalue weighted by atomic mass is 10.2. The molecule has 1 amide bonds. The normalized spacial score (nSPS) is 15.8. The highest BCUT2D eigenvalue weighted by molar-refractivity contribution is 5.88. The third-order valence-corrected chi connectivity index (χ3v) is 2.00. The van der Waals surface area contributed by atoms with Crippen molar-refractivity contribution in [3.63, 3.8) is 0 Å². The molecule has 0 aromatic carbocycles. The summed E-state index contributed by atoms with van der Waals surface area (Å²) in [6.45, 7) is 4.09. The molecule has 0 atom stereocenters. The zero-order valence-corrected chi connectivity index (χ0v) is 7.31. The molecule has 1 aliphatic carbocycles. The van der Waals surface area contributed by atoms with Crippen molar-refractivity contribution in [2.75, 3.05) is 6.54 Å². The molecule has 2 nitrogen and oxygen atoms in total. The Balaban J connectivity index is 2.32. The van der Waals surface area contributed by atoms with E-state index in [1.807, 2.05) is 0 Å². The van der Waals surface area contributed by atoms with Crippen LogP contribution in [0.3, 0.4) is 0 Å². The molecule has 1 fully saturated rings. The van der Waals surface area contributed by atoms with E-state index in [1.165, 1.54) is 18.4 Å². The molecule has 0 heterocycles. The van der Waals surface area contributed by atoms with Gasteiger partial charge in [-0.3, -0.25) is 4.79 Å². The second-order valence-corrected chi connectivity index (χ2v) is 3.04. The van der Waals surface area contributed by atoms with E-state index in [2.05, 4.69) is 11.9 Å². The fraction of sp³-hybridized carbons (Fsp3) is 0.500. The number of amides is 1. The predicted molar refractivity (Wildman–Crippen MR) is 49.8 cm³/mol. The molecule has 0 radical (unpaired) electrons. The molecule has 0 aromatic heterocycles. The average Bonchev–Trinajstić information content (AvgIpc) is 2.53. The van der Waals surface area contributed by atoms with Gasteiger partial charge in [0.25, 0.3) is 0 Å². The van der Waals surface area contributed by atoms with E-state index in [1.54, 1.807) is 12.2 Å². The Morgan fingerprint density at radius 1 is 1.50 bits per heavy atom. The molecule has 0 unspecified atom stereocenters. The van der Waals surface area contributed by atoms with Crippen molar-refractivity contribution in [2.24, 2.45) is 0 Å². The van der Waals surface area contributed by atoms with Crippen molar-refractivity contribution in [1.82, 2.24) is 5.32 Å². The summed E-state index contributed by atoms with van der Waals surface area (Å²) in [6, 6.07) is 0. The van der Waals surface area contributed by atoms with Crippen LogP contribution in [0.15, 0.2) is 24.3 Å². The summed E-state index contributed by atoms with van der Waals surface area (Å²) in [7, 11) is 0. The molecule has 0 spiro atoms. The summed E-state index contributed by atoms with van der Waals surface area (Å²) in [5.74, 6) is 0.0202. The molecule has 1 saturated carbocycles. The highest BCUT2D eigenvalue weighted by Gasteiger charge is 2.07. The minimum Gasteiger partial charge on any atom is -0.349 e. The van der Waals surface area contributed by atoms with Crippen LogP contribution in [0.4, 0.5) is 0 Å². The smallest absolute Gasteiger partial charge is 0.244 e. The fourth-order valence-electron chi connectivity index (χ4n) is 1.38. The van der Waals surface area contributed by atoms with Gasteiger partial charge < -0.3 is 5.32 Å². The van der Waals surface area contributed by atoms with Crippen LogP contribution in [-0.4, -0.2) is 12.5 Å². The van der Waals surface area contributed by atoms with Crippen LogP contribution < -0.4 is 5.32 Å². The van der Waals surface area contributed by atoms with Gasteiger partial charge in [-0.25, -0.2) is 0 Å². The second kappa shape index (κ2) is 4.75. The third kappa shape index (κ3) is 2.91. The lowest BCUT2D eigenvalue weighted by Crippen LogP contribution is -2.20. The van der Waals surface area contributed by atoms with Crippen molar-refractivity contribution in [3.8, 4) is 0 Å². The summed E-state index contributed by atoms with van der Waals surface area (Å²) in [4.78, 5) is 11.1. The Morgan fingerprint density at radius 3 is 2.75 bits per heavy atom. The van der Waals surface area contributed by atoms with E-state index < -0.39 is 0 Å². The molecule has 2 heteroatoms. The van der Waals surface area contributed by atoms with Gasteiger partial charge in [0.2, 0.25) is 5.91 Å². The fourth-order valence-corrected chi connectivity index (χ4v) is 1.38. The zero-order valence-electron chi connectivity index (χ0n) is 7.31. The van der Waals surface area contributed by atoms with Gasteiger partial charge in [-0.15, -0.1) is 6.58 Å². The van der Waals surface area contributed by atoms with Gasteiger partial charge in [0.1, 0.15) is 0 Å². The van der Waals surface area contributed by atoms with Crippen LogP contribution in [-0.2, 0) is 4.79 Å². The number of carbonyl (C=O) groups excluding carboxylic acids is 1. The summed E-state index contributed by atoms with van der Waals surface area (Å²) < 4.78 is 0. The first-order valence-electron chi connectivity index (χ1n) is 4.41. The standard InChI is InChI=1S/C10H15NO/c1-2-7-11-10(12)8-9-5-3-4-6-9/h2,8H,1,3-7H2,(H,11,12). The van der Waals surface area contributed by atoms with Crippen molar-refractivity contribution < 1.29 is 4.79 Å². The molecule has 0 aromatic rings. The average molecular weight is 165 g/mol. The van der Waals surface area contributed by atoms with Gasteiger partial charge in [0.05, 0.1) is 0 Å². The highest BCUT2D eigenvalue weighted by atomic mass is 16.1.